The van der Waals surface area contributed by atoms with Gasteiger partial charge < -0.3 is 16.0 Å². The van der Waals surface area contributed by atoms with Crippen LogP contribution in [0.5, 0.6) is 0 Å². The van der Waals surface area contributed by atoms with Gasteiger partial charge in [0.1, 0.15) is 0 Å². The maximum Gasteiger partial charge on any atom is 0.238 e. The van der Waals surface area contributed by atoms with Crippen molar-refractivity contribution in [2.45, 2.75) is 17.9 Å². The van der Waals surface area contributed by atoms with Gasteiger partial charge in [-0.25, -0.2) is 18.5 Å². The second kappa shape index (κ2) is 7.13. The van der Waals surface area contributed by atoms with E-state index < -0.39 is 10.0 Å². The summed E-state index contributed by atoms with van der Waals surface area (Å²) in [6, 6.07) is 14.4. The van der Waals surface area contributed by atoms with Crippen LogP contribution in [0.3, 0.4) is 0 Å². The molecule has 1 aliphatic heterocycles. The molecule has 1 atom stereocenters. The van der Waals surface area contributed by atoms with Crippen molar-refractivity contribution >= 4 is 55.3 Å². The molecule has 0 fully saturated rings. The fourth-order valence-corrected chi connectivity index (χ4v) is 4.61. The van der Waals surface area contributed by atoms with Gasteiger partial charge in [0.15, 0.2) is 16.1 Å². The lowest BCUT2D eigenvalue weighted by Crippen LogP contribution is -2.37. The molecule has 1 aromatic heterocycles. The summed E-state index contributed by atoms with van der Waals surface area (Å²) in [5.41, 5.74) is 3.00. The van der Waals surface area contributed by atoms with Gasteiger partial charge in [-0.15, -0.1) is 0 Å². The third kappa shape index (κ3) is 3.85. The molecule has 0 bridgehead atoms. The van der Waals surface area contributed by atoms with Crippen LogP contribution in [0.4, 0.5) is 16.6 Å². The van der Waals surface area contributed by atoms with Crippen LogP contribution in [-0.4, -0.2) is 18.5 Å². The molecule has 4 rings (SSSR count). The van der Waals surface area contributed by atoms with Crippen molar-refractivity contribution in [2.24, 2.45) is 5.14 Å². The Bertz CT molecular complexity index is 1140. The Kier molecular flexibility index (Phi) is 4.79. The Morgan fingerprint density at radius 3 is 2.46 bits per heavy atom. The number of rotatable bonds is 4. The van der Waals surface area contributed by atoms with Gasteiger partial charge in [0.05, 0.1) is 15.8 Å². The molecule has 0 saturated heterocycles. The first kappa shape index (κ1) is 18.8. The van der Waals surface area contributed by atoms with Crippen LogP contribution in [-0.2, 0) is 10.0 Å². The third-order valence-electron chi connectivity index (χ3n) is 4.27. The standard InChI is InChI=1S/C18H17N5O2S3/c1-10-2-4-11(5-3-10)14-15-16(22-17(26)21-14)23-18(27-15)20-12-6-8-13(9-7-12)28(19,24)25/h2-9,14H,1H3,(H,20,23)(H2,19,24,25)(H2,21,22,26). The second-order valence-corrected chi connectivity index (χ2v) is 9.37. The van der Waals surface area contributed by atoms with Crippen LogP contribution in [0.2, 0.25) is 0 Å². The number of thiocarbonyl (C=S) groups is 1. The van der Waals surface area contributed by atoms with E-state index in [1.807, 2.05) is 6.92 Å². The number of fused-ring (bicyclic) bond motifs is 1. The van der Waals surface area contributed by atoms with Gasteiger partial charge in [0, 0.05) is 5.69 Å². The molecule has 28 heavy (non-hydrogen) atoms. The number of hydrogen-bond donors (Lipinski definition) is 4. The first-order valence-corrected chi connectivity index (χ1v) is 11.1. The average molecular weight is 432 g/mol. The van der Waals surface area contributed by atoms with Gasteiger partial charge in [-0.1, -0.05) is 41.2 Å². The minimum absolute atomic E-state index is 0.0622. The molecule has 5 N–H and O–H groups in total. The van der Waals surface area contributed by atoms with Gasteiger partial charge in [-0.3, -0.25) is 0 Å². The van der Waals surface area contributed by atoms with Crippen molar-refractivity contribution in [1.29, 1.82) is 0 Å². The van der Waals surface area contributed by atoms with Gasteiger partial charge in [0.25, 0.3) is 0 Å². The Morgan fingerprint density at radius 2 is 1.82 bits per heavy atom. The molecule has 0 amide bonds. The quantitative estimate of drug-likeness (QED) is 0.470. The number of thiazole rings is 1. The van der Waals surface area contributed by atoms with Crippen molar-refractivity contribution in [2.75, 3.05) is 10.6 Å². The summed E-state index contributed by atoms with van der Waals surface area (Å²) in [6.07, 6.45) is 0. The molecule has 0 spiro atoms. The monoisotopic (exact) mass is 431 g/mol. The average Bonchev–Trinajstić information content (AvgIpc) is 3.03. The van der Waals surface area contributed by atoms with Crippen LogP contribution in [0.15, 0.2) is 53.4 Å². The smallest absolute Gasteiger partial charge is 0.238 e. The Balaban J connectivity index is 1.62. The number of anilines is 3. The summed E-state index contributed by atoms with van der Waals surface area (Å²) in [5.74, 6) is 0.711. The molecule has 0 radical (unpaired) electrons. The lowest BCUT2D eigenvalue weighted by molar-refractivity contribution is 0.598. The summed E-state index contributed by atoms with van der Waals surface area (Å²) in [4.78, 5) is 5.66. The Labute approximate surface area is 172 Å². The minimum atomic E-state index is -3.72. The minimum Gasteiger partial charge on any atom is -0.351 e. The summed E-state index contributed by atoms with van der Waals surface area (Å²) < 4.78 is 22.8. The van der Waals surface area contributed by atoms with Crippen molar-refractivity contribution in [3.8, 4) is 0 Å². The molecule has 7 nitrogen and oxygen atoms in total. The summed E-state index contributed by atoms with van der Waals surface area (Å²) in [5, 5.41) is 15.9. The SMILES string of the molecule is Cc1ccc(C2NC(=S)Nc3nc(Nc4ccc(S(N)(=O)=O)cc4)sc32)cc1. The number of benzene rings is 2. The molecule has 3 aromatic rings. The molecule has 0 aliphatic carbocycles. The number of primary sulfonamides is 1. The lowest BCUT2D eigenvalue weighted by atomic mass is 10.0. The van der Waals surface area contributed by atoms with E-state index in [1.165, 1.54) is 29.0 Å². The predicted molar refractivity (Wildman–Crippen MR) is 116 cm³/mol. The van der Waals surface area contributed by atoms with E-state index in [-0.39, 0.29) is 10.9 Å². The van der Waals surface area contributed by atoms with Gasteiger partial charge in [-0.05, 0) is 49.0 Å². The molecular weight excluding hydrogens is 414 g/mol. The van der Waals surface area contributed by atoms with Crippen LogP contribution in [0.25, 0.3) is 0 Å². The summed E-state index contributed by atoms with van der Waals surface area (Å²) in [7, 11) is -3.72. The lowest BCUT2D eigenvalue weighted by Gasteiger charge is -2.25. The van der Waals surface area contributed by atoms with Crippen molar-refractivity contribution in [1.82, 2.24) is 10.3 Å². The fourth-order valence-electron chi connectivity index (χ4n) is 2.86. The first-order valence-electron chi connectivity index (χ1n) is 8.34. The summed E-state index contributed by atoms with van der Waals surface area (Å²) >= 11 is 6.83. The topological polar surface area (TPSA) is 109 Å². The predicted octanol–water partition coefficient (Wildman–Crippen LogP) is 3.23. The van der Waals surface area contributed by atoms with E-state index in [4.69, 9.17) is 17.4 Å². The number of hydrogen-bond acceptors (Lipinski definition) is 6. The van der Waals surface area contributed by atoms with E-state index in [1.54, 1.807) is 12.1 Å². The highest BCUT2D eigenvalue weighted by atomic mass is 32.2. The van der Waals surface area contributed by atoms with Crippen LogP contribution < -0.4 is 21.1 Å². The van der Waals surface area contributed by atoms with Crippen molar-refractivity contribution in [3.63, 3.8) is 0 Å². The van der Waals surface area contributed by atoms with E-state index in [9.17, 15) is 8.42 Å². The summed E-state index contributed by atoms with van der Waals surface area (Å²) in [6.45, 7) is 2.05. The molecule has 2 aromatic carbocycles. The number of nitrogens with zero attached hydrogens (tertiary/aromatic N) is 1. The molecule has 10 heteroatoms. The zero-order chi connectivity index (χ0) is 19.9. The molecule has 1 aliphatic rings. The van der Waals surface area contributed by atoms with E-state index in [2.05, 4.69) is 45.2 Å². The zero-order valence-corrected chi connectivity index (χ0v) is 17.2. The van der Waals surface area contributed by atoms with Crippen LogP contribution >= 0.6 is 23.6 Å². The van der Waals surface area contributed by atoms with E-state index in [0.29, 0.717) is 21.7 Å². The molecular formula is C18H17N5O2S3. The molecule has 2 heterocycles. The largest absolute Gasteiger partial charge is 0.351 e. The van der Waals surface area contributed by atoms with E-state index in [0.717, 1.165) is 10.4 Å². The van der Waals surface area contributed by atoms with Crippen molar-refractivity contribution < 1.29 is 8.42 Å². The number of nitrogens with one attached hydrogen (secondary N) is 3. The molecule has 144 valence electrons. The third-order valence-corrected chi connectivity index (χ3v) is 6.45. The molecule has 0 saturated carbocycles. The van der Waals surface area contributed by atoms with Gasteiger partial charge >= 0.3 is 0 Å². The van der Waals surface area contributed by atoms with E-state index >= 15 is 0 Å². The molecule has 1 unspecified atom stereocenters. The fraction of sp³-hybridized carbons (Fsp3) is 0.111. The number of aromatic nitrogens is 1. The second-order valence-electron chi connectivity index (χ2n) is 6.37. The Hall–Kier alpha value is -2.53. The highest BCUT2D eigenvalue weighted by Crippen LogP contribution is 2.39. The highest BCUT2D eigenvalue weighted by Gasteiger charge is 2.28. The number of aryl methyl sites for hydroxylation is 1. The highest BCUT2D eigenvalue weighted by molar-refractivity contribution is 7.89. The van der Waals surface area contributed by atoms with Crippen LogP contribution in [0, 0.1) is 6.92 Å². The maximum atomic E-state index is 11.4. The normalized spacial score (nSPS) is 16.1. The van der Waals surface area contributed by atoms with Crippen LogP contribution in [0.1, 0.15) is 22.0 Å². The Morgan fingerprint density at radius 1 is 1.14 bits per heavy atom. The van der Waals surface area contributed by atoms with Gasteiger partial charge in [0.2, 0.25) is 10.0 Å². The van der Waals surface area contributed by atoms with Gasteiger partial charge in [-0.2, -0.15) is 0 Å². The zero-order valence-electron chi connectivity index (χ0n) is 14.8. The maximum absolute atomic E-state index is 11.4. The number of nitrogens with two attached hydrogens (primary N) is 1. The first-order chi connectivity index (χ1) is 13.3. The van der Waals surface area contributed by atoms with Crippen molar-refractivity contribution in [3.05, 3.63) is 64.5 Å². The number of sulfonamides is 1.